The second kappa shape index (κ2) is 5.77. The maximum atomic E-state index is 10.6. The Balaban J connectivity index is 2.10. The Kier molecular flexibility index (Phi) is 4.07. The molecule has 0 amide bonds. The van der Waals surface area contributed by atoms with Crippen molar-refractivity contribution in [3.63, 3.8) is 0 Å². The molecule has 0 unspecified atom stereocenters. The first-order chi connectivity index (χ1) is 10.9. The molecule has 1 saturated heterocycles. The molecular formula is C21H26O2. The van der Waals surface area contributed by atoms with Crippen molar-refractivity contribution in [1.82, 2.24) is 0 Å². The fraction of sp³-hybridized carbons (Fsp3) is 0.429. The second-order valence-electron chi connectivity index (χ2n) is 7.41. The molecule has 2 heteroatoms. The molecule has 2 nitrogen and oxygen atoms in total. The Labute approximate surface area is 139 Å². The van der Waals surface area contributed by atoms with Crippen molar-refractivity contribution in [2.45, 2.75) is 45.5 Å². The normalized spacial score (nSPS) is 23.3. The SMILES string of the molecule is CC(C)[C@@H](O)[C@H]1OC(c2ccccc2)(c2ccccc2)C1(C)C. The first kappa shape index (κ1) is 16.2. The molecule has 23 heavy (non-hydrogen) atoms. The molecule has 0 bridgehead atoms. The van der Waals surface area contributed by atoms with Crippen LogP contribution in [0.25, 0.3) is 0 Å². The van der Waals surface area contributed by atoms with E-state index < -0.39 is 11.7 Å². The van der Waals surface area contributed by atoms with Gasteiger partial charge in [0.25, 0.3) is 0 Å². The van der Waals surface area contributed by atoms with Gasteiger partial charge >= 0.3 is 0 Å². The summed E-state index contributed by atoms with van der Waals surface area (Å²) in [6, 6.07) is 20.7. The summed E-state index contributed by atoms with van der Waals surface area (Å²) in [5.74, 6) is 0.170. The van der Waals surface area contributed by atoms with Crippen molar-refractivity contribution in [2.75, 3.05) is 0 Å². The number of aliphatic hydroxyl groups excluding tert-OH is 1. The Bertz CT molecular complexity index is 607. The van der Waals surface area contributed by atoms with E-state index in [1.165, 1.54) is 0 Å². The smallest absolute Gasteiger partial charge is 0.126 e. The van der Waals surface area contributed by atoms with Crippen LogP contribution in [0.4, 0.5) is 0 Å². The second-order valence-corrected chi connectivity index (χ2v) is 7.41. The lowest BCUT2D eigenvalue weighted by atomic mass is 9.57. The van der Waals surface area contributed by atoms with Crippen LogP contribution in [0.1, 0.15) is 38.8 Å². The third-order valence-corrected chi connectivity index (χ3v) is 5.28. The van der Waals surface area contributed by atoms with Crippen LogP contribution in [-0.4, -0.2) is 17.3 Å². The van der Waals surface area contributed by atoms with E-state index in [1.807, 2.05) is 50.2 Å². The van der Waals surface area contributed by atoms with Crippen LogP contribution in [0.3, 0.4) is 0 Å². The predicted molar refractivity (Wildman–Crippen MR) is 93.2 cm³/mol. The molecular weight excluding hydrogens is 284 g/mol. The lowest BCUT2D eigenvalue weighted by Crippen LogP contribution is -2.68. The van der Waals surface area contributed by atoms with E-state index in [1.54, 1.807) is 0 Å². The minimum Gasteiger partial charge on any atom is -0.390 e. The number of rotatable bonds is 4. The lowest BCUT2D eigenvalue weighted by molar-refractivity contribution is -0.324. The first-order valence-corrected chi connectivity index (χ1v) is 8.38. The van der Waals surface area contributed by atoms with Gasteiger partial charge in [-0.25, -0.2) is 0 Å². The fourth-order valence-electron chi connectivity index (χ4n) is 3.87. The monoisotopic (exact) mass is 310 g/mol. The topological polar surface area (TPSA) is 29.5 Å². The number of aliphatic hydroxyl groups is 1. The van der Waals surface area contributed by atoms with E-state index in [0.29, 0.717) is 0 Å². The highest BCUT2D eigenvalue weighted by molar-refractivity contribution is 5.42. The fourth-order valence-corrected chi connectivity index (χ4v) is 3.87. The Morgan fingerprint density at radius 1 is 0.870 bits per heavy atom. The number of hydrogen-bond acceptors (Lipinski definition) is 2. The van der Waals surface area contributed by atoms with Crippen LogP contribution in [0.2, 0.25) is 0 Å². The highest BCUT2D eigenvalue weighted by Crippen LogP contribution is 2.61. The summed E-state index contributed by atoms with van der Waals surface area (Å²) in [6.45, 7) is 8.48. The molecule has 2 aromatic carbocycles. The number of benzene rings is 2. The highest BCUT2D eigenvalue weighted by Gasteiger charge is 2.65. The minimum absolute atomic E-state index is 0.170. The van der Waals surface area contributed by atoms with E-state index in [9.17, 15) is 5.11 Å². The Morgan fingerprint density at radius 2 is 1.30 bits per heavy atom. The van der Waals surface area contributed by atoms with Crippen LogP contribution < -0.4 is 0 Å². The quantitative estimate of drug-likeness (QED) is 0.908. The van der Waals surface area contributed by atoms with Gasteiger partial charge in [0.15, 0.2) is 0 Å². The molecule has 0 spiro atoms. The molecule has 0 aromatic heterocycles. The molecule has 1 aliphatic rings. The van der Waals surface area contributed by atoms with Crippen LogP contribution >= 0.6 is 0 Å². The molecule has 1 N–H and O–H groups in total. The zero-order valence-corrected chi connectivity index (χ0v) is 14.4. The maximum Gasteiger partial charge on any atom is 0.126 e. The van der Waals surface area contributed by atoms with Gasteiger partial charge in [-0.1, -0.05) is 88.4 Å². The number of hydrogen-bond donors (Lipinski definition) is 1. The van der Waals surface area contributed by atoms with Crippen molar-refractivity contribution >= 4 is 0 Å². The Hall–Kier alpha value is -1.64. The third-order valence-electron chi connectivity index (χ3n) is 5.28. The van der Waals surface area contributed by atoms with Crippen LogP contribution in [-0.2, 0) is 10.3 Å². The minimum atomic E-state index is -0.518. The highest BCUT2D eigenvalue weighted by atomic mass is 16.6. The van der Waals surface area contributed by atoms with Crippen LogP contribution in [0, 0.1) is 11.3 Å². The van der Waals surface area contributed by atoms with E-state index in [-0.39, 0.29) is 17.4 Å². The molecule has 3 rings (SSSR count). The molecule has 0 radical (unpaired) electrons. The third kappa shape index (κ3) is 2.32. The van der Waals surface area contributed by atoms with Gasteiger partial charge in [0.05, 0.1) is 12.2 Å². The van der Waals surface area contributed by atoms with Gasteiger partial charge < -0.3 is 9.84 Å². The van der Waals surface area contributed by atoms with Gasteiger partial charge in [-0.05, 0) is 17.0 Å². The van der Waals surface area contributed by atoms with Crippen molar-refractivity contribution in [2.24, 2.45) is 11.3 Å². The van der Waals surface area contributed by atoms with Gasteiger partial charge in [0, 0.05) is 5.41 Å². The molecule has 122 valence electrons. The van der Waals surface area contributed by atoms with E-state index in [2.05, 4.69) is 38.1 Å². The Morgan fingerprint density at radius 3 is 1.65 bits per heavy atom. The van der Waals surface area contributed by atoms with E-state index in [0.717, 1.165) is 11.1 Å². The summed E-state index contributed by atoms with van der Waals surface area (Å²) in [4.78, 5) is 0. The summed E-state index contributed by atoms with van der Waals surface area (Å²) < 4.78 is 6.49. The molecule has 0 saturated carbocycles. The van der Waals surface area contributed by atoms with Gasteiger partial charge in [-0.2, -0.15) is 0 Å². The largest absolute Gasteiger partial charge is 0.390 e. The standard InChI is InChI=1S/C21H26O2/c1-15(2)18(22)19-20(3,4)21(23-19,16-11-7-5-8-12-16)17-13-9-6-10-14-17/h5-15,18-19,22H,1-4H3/t18-,19-/m1/s1. The summed E-state index contributed by atoms with van der Waals surface area (Å²) in [6.07, 6.45) is -0.645. The van der Waals surface area contributed by atoms with Gasteiger partial charge in [0.2, 0.25) is 0 Å². The van der Waals surface area contributed by atoms with E-state index >= 15 is 0 Å². The van der Waals surface area contributed by atoms with Crippen LogP contribution in [0.5, 0.6) is 0 Å². The number of ether oxygens (including phenoxy) is 1. The van der Waals surface area contributed by atoms with Crippen LogP contribution in [0.15, 0.2) is 60.7 Å². The summed E-state index contributed by atoms with van der Waals surface area (Å²) in [5.41, 5.74) is 1.56. The summed E-state index contributed by atoms with van der Waals surface area (Å²) >= 11 is 0. The van der Waals surface area contributed by atoms with Crippen molar-refractivity contribution in [1.29, 1.82) is 0 Å². The zero-order chi connectivity index (χ0) is 16.7. The molecule has 2 atom stereocenters. The maximum absolute atomic E-state index is 10.6. The average Bonchev–Trinajstić information content (AvgIpc) is 2.56. The lowest BCUT2D eigenvalue weighted by Gasteiger charge is -2.63. The van der Waals surface area contributed by atoms with Gasteiger partial charge in [-0.15, -0.1) is 0 Å². The van der Waals surface area contributed by atoms with E-state index in [4.69, 9.17) is 4.74 Å². The van der Waals surface area contributed by atoms with Gasteiger partial charge in [-0.3, -0.25) is 0 Å². The van der Waals surface area contributed by atoms with Crippen molar-refractivity contribution in [3.05, 3.63) is 71.8 Å². The first-order valence-electron chi connectivity index (χ1n) is 8.38. The van der Waals surface area contributed by atoms with Crippen molar-refractivity contribution in [3.8, 4) is 0 Å². The molecule has 1 fully saturated rings. The van der Waals surface area contributed by atoms with Gasteiger partial charge in [0.1, 0.15) is 5.60 Å². The zero-order valence-electron chi connectivity index (χ0n) is 14.4. The molecule has 0 aliphatic carbocycles. The average molecular weight is 310 g/mol. The molecule has 1 heterocycles. The predicted octanol–water partition coefficient (Wildman–Crippen LogP) is 4.37. The summed E-state index contributed by atoms with van der Waals surface area (Å²) in [5, 5.41) is 10.6. The molecule has 1 aliphatic heterocycles. The van der Waals surface area contributed by atoms with Crippen molar-refractivity contribution < 1.29 is 9.84 Å². The molecule has 2 aromatic rings. The summed E-state index contributed by atoms with van der Waals surface area (Å²) in [7, 11) is 0.